The second-order valence-corrected chi connectivity index (χ2v) is 4.19. The molecule has 0 radical (unpaired) electrons. The maximum absolute atomic E-state index is 13.0. The fourth-order valence-electron chi connectivity index (χ4n) is 1.01. The molecule has 1 aromatic rings. The Labute approximate surface area is 113 Å². The highest BCUT2D eigenvalue weighted by atomic mass is 35.5. The monoisotopic (exact) mass is 327 g/mol. The summed E-state index contributed by atoms with van der Waals surface area (Å²) in [5, 5.41) is -0.812. The van der Waals surface area contributed by atoms with E-state index >= 15 is 0 Å². The third-order valence-corrected chi connectivity index (χ3v) is 2.50. The fourth-order valence-corrected chi connectivity index (χ4v) is 1.38. The molecule has 2 nitrogen and oxygen atoms in total. The summed E-state index contributed by atoms with van der Waals surface area (Å²) in [5.74, 6) is -0.919. The topological polar surface area (TPSA) is 35.2 Å². The average molecular weight is 328 g/mol. The van der Waals surface area contributed by atoms with Crippen LogP contribution in [-0.2, 0) is 0 Å². The number of alkyl halides is 6. The number of anilines is 1. The lowest BCUT2D eigenvalue weighted by molar-refractivity contribution is -0.304. The summed E-state index contributed by atoms with van der Waals surface area (Å²) in [6.45, 7) is 0. The van der Waals surface area contributed by atoms with Crippen LogP contribution in [0.2, 0.25) is 10.0 Å². The number of nitrogens with two attached hydrogens (primary N) is 1. The van der Waals surface area contributed by atoms with Crippen LogP contribution in [0, 0.1) is 0 Å². The lowest BCUT2D eigenvalue weighted by Crippen LogP contribution is -2.45. The van der Waals surface area contributed by atoms with E-state index in [0.29, 0.717) is 6.07 Å². The molecule has 0 saturated heterocycles. The molecule has 0 aliphatic rings. The number of nitrogen functional groups attached to an aromatic ring is 1. The van der Waals surface area contributed by atoms with E-state index in [9.17, 15) is 26.3 Å². The smallest absolute Gasteiger partial charge is 0.428 e. The minimum absolute atomic E-state index is 0.102. The summed E-state index contributed by atoms with van der Waals surface area (Å²) in [6, 6.07) is 1.55. The van der Waals surface area contributed by atoms with Gasteiger partial charge in [-0.2, -0.15) is 22.0 Å². The van der Waals surface area contributed by atoms with Gasteiger partial charge in [-0.05, 0) is 6.07 Å². The van der Waals surface area contributed by atoms with E-state index in [1.165, 1.54) is 0 Å². The summed E-state index contributed by atoms with van der Waals surface area (Å²) in [6.07, 6.45) is -15.4. The van der Waals surface area contributed by atoms with Crippen molar-refractivity contribution in [2.75, 3.05) is 5.73 Å². The molecule has 0 aliphatic carbocycles. The number of rotatable bonds is 3. The Morgan fingerprint density at radius 1 is 1.05 bits per heavy atom. The Balaban J connectivity index is 3.05. The summed E-state index contributed by atoms with van der Waals surface area (Å²) in [4.78, 5) is 0. The largest absolute Gasteiger partial charge is 0.439 e. The maximum Gasteiger partial charge on any atom is 0.439 e. The first kappa shape index (κ1) is 16.0. The van der Waals surface area contributed by atoms with Crippen LogP contribution in [-0.4, -0.2) is 18.5 Å². The van der Waals surface area contributed by atoms with E-state index in [1.54, 1.807) is 0 Å². The molecule has 19 heavy (non-hydrogen) atoms. The minimum atomic E-state index is -5.78. The van der Waals surface area contributed by atoms with E-state index in [0.717, 1.165) is 6.07 Å². The van der Waals surface area contributed by atoms with Gasteiger partial charge in [-0.25, -0.2) is 4.39 Å². The van der Waals surface area contributed by atoms with Gasteiger partial charge < -0.3 is 10.5 Å². The van der Waals surface area contributed by atoms with Crippen molar-refractivity contribution >= 4 is 28.9 Å². The average Bonchev–Trinajstić information content (AvgIpc) is 2.23. The molecule has 2 N–H and O–H groups in total. The lowest BCUT2D eigenvalue weighted by Gasteiger charge is -2.23. The van der Waals surface area contributed by atoms with Gasteiger partial charge in [-0.1, -0.05) is 23.2 Å². The molecule has 0 spiro atoms. The predicted octanol–water partition coefficient (Wildman–Crippen LogP) is 4.45. The lowest BCUT2D eigenvalue weighted by atomic mass is 10.3. The highest BCUT2D eigenvalue weighted by Gasteiger charge is 2.59. The van der Waals surface area contributed by atoms with Gasteiger partial charge in [0.15, 0.2) is 0 Å². The zero-order valence-corrected chi connectivity index (χ0v) is 10.3. The molecule has 0 saturated carbocycles. The predicted molar refractivity (Wildman–Crippen MR) is 57.4 cm³/mol. The summed E-state index contributed by atoms with van der Waals surface area (Å²) in [7, 11) is 0. The zero-order chi connectivity index (χ0) is 15.0. The zero-order valence-electron chi connectivity index (χ0n) is 8.74. The molecule has 1 rings (SSSR count). The molecular formula is C9H5Cl2F6NO. The van der Waals surface area contributed by atoms with Crippen LogP contribution < -0.4 is 10.5 Å². The Morgan fingerprint density at radius 2 is 1.58 bits per heavy atom. The van der Waals surface area contributed by atoms with E-state index in [2.05, 4.69) is 4.74 Å². The third kappa shape index (κ3) is 3.73. The molecule has 0 aliphatic heterocycles. The maximum atomic E-state index is 13.0. The van der Waals surface area contributed by atoms with Gasteiger partial charge in [0.2, 0.25) is 0 Å². The van der Waals surface area contributed by atoms with Gasteiger partial charge in [-0.3, -0.25) is 0 Å². The number of benzene rings is 1. The molecular weight excluding hydrogens is 323 g/mol. The number of hydrogen-bond acceptors (Lipinski definition) is 2. The molecule has 0 unspecified atom stereocenters. The molecule has 0 aromatic heterocycles. The molecule has 0 heterocycles. The van der Waals surface area contributed by atoms with Gasteiger partial charge in [0, 0.05) is 6.07 Å². The van der Waals surface area contributed by atoms with Crippen LogP contribution in [0.4, 0.5) is 32.0 Å². The normalized spacial score (nSPS) is 14.3. The van der Waals surface area contributed by atoms with E-state index in [-0.39, 0.29) is 10.7 Å². The van der Waals surface area contributed by atoms with Crippen molar-refractivity contribution in [1.82, 2.24) is 0 Å². The molecule has 0 amide bonds. The number of halogens is 8. The quantitative estimate of drug-likeness (QED) is 0.657. The van der Waals surface area contributed by atoms with Crippen molar-refractivity contribution in [1.29, 1.82) is 0 Å². The van der Waals surface area contributed by atoms with Crippen molar-refractivity contribution in [3.8, 4) is 5.75 Å². The summed E-state index contributed by atoms with van der Waals surface area (Å²) >= 11 is 10.9. The van der Waals surface area contributed by atoms with E-state index in [4.69, 9.17) is 28.9 Å². The van der Waals surface area contributed by atoms with Crippen LogP contribution in [0.5, 0.6) is 5.75 Å². The Morgan fingerprint density at radius 3 is 2.05 bits per heavy atom. The molecule has 1 aromatic carbocycles. The van der Waals surface area contributed by atoms with Crippen molar-refractivity contribution in [2.45, 2.75) is 18.5 Å². The summed E-state index contributed by atoms with van der Waals surface area (Å²) in [5.41, 5.74) is 5.17. The molecule has 10 heteroatoms. The summed E-state index contributed by atoms with van der Waals surface area (Å²) < 4.78 is 77.8. The second kappa shape index (κ2) is 5.16. The highest BCUT2D eigenvalue weighted by molar-refractivity contribution is 6.36. The van der Waals surface area contributed by atoms with Gasteiger partial charge in [0.25, 0.3) is 6.17 Å². The number of ether oxygens (including phenoxy) is 1. The second-order valence-electron chi connectivity index (χ2n) is 3.37. The first-order valence-electron chi connectivity index (χ1n) is 4.47. The van der Waals surface area contributed by atoms with Crippen molar-refractivity contribution in [3.63, 3.8) is 0 Å². The van der Waals surface area contributed by atoms with Gasteiger partial charge >= 0.3 is 12.3 Å². The van der Waals surface area contributed by atoms with Gasteiger partial charge in [-0.15, -0.1) is 0 Å². The van der Waals surface area contributed by atoms with Crippen LogP contribution in [0.15, 0.2) is 12.1 Å². The van der Waals surface area contributed by atoms with E-state index < -0.39 is 29.2 Å². The van der Waals surface area contributed by atoms with Crippen LogP contribution in [0.1, 0.15) is 0 Å². The van der Waals surface area contributed by atoms with Crippen molar-refractivity contribution in [2.24, 2.45) is 0 Å². The number of hydrogen-bond donors (Lipinski definition) is 1. The van der Waals surface area contributed by atoms with Gasteiger partial charge in [0.1, 0.15) is 5.75 Å². The third-order valence-electron chi connectivity index (χ3n) is 1.88. The Hall–Kier alpha value is -1.02. The van der Waals surface area contributed by atoms with Crippen molar-refractivity contribution in [3.05, 3.63) is 22.2 Å². The molecule has 0 bridgehead atoms. The first-order chi connectivity index (χ1) is 8.45. The SMILES string of the molecule is Nc1cc(Cl)c(OC(F)(F)[C@H](F)C(F)(F)F)cc1Cl. The van der Waals surface area contributed by atoms with Gasteiger partial charge in [0.05, 0.1) is 15.7 Å². The fraction of sp³-hybridized carbons (Fsp3) is 0.333. The highest BCUT2D eigenvalue weighted by Crippen LogP contribution is 2.40. The first-order valence-corrected chi connectivity index (χ1v) is 5.23. The molecule has 1 atom stereocenters. The van der Waals surface area contributed by atoms with Crippen LogP contribution in [0.25, 0.3) is 0 Å². The minimum Gasteiger partial charge on any atom is -0.428 e. The van der Waals surface area contributed by atoms with Crippen LogP contribution >= 0.6 is 23.2 Å². The van der Waals surface area contributed by atoms with E-state index in [1.807, 2.05) is 0 Å². The molecule has 0 fully saturated rings. The Bertz CT molecular complexity index is 479. The van der Waals surface area contributed by atoms with Crippen molar-refractivity contribution < 1.29 is 31.1 Å². The standard InChI is InChI=1S/C9H5Cl2F6NO/c10-3-2-6(4(11)1-5(3)18)19-9(16,17)7(12)8(13,14)15/h1-2,7H,18H2/t7-/m1/s1. The Kier molecular flexibility index (Phi) is 4.36. The molecule has 108 valence electrons. The van der Waals surface area contributed by atoms with Crippen LogP contribution in [0.3, 0.4) is 0 Å².